The SMILES string of the molecule is CC1CC(Nc2cccc(-n3ccnc3)c2)C1. The fraction of sp³-hybridized carbons (Fsp3) is 0.357. The van der Waals surface area contributed by atoms with Gasteiger partial charge >= 0.3 is 0 Å². The third-order valence-corrected chi connectivity index (χ3v) is 3.39. The molecule has 3 nitrogen and oxygen atoms in total. The van der Waals surface area contributed by atoms with Gasteiger partial charge in [0.15, 0.2) is 0 Å². The van der Waals surface area contributed by atoms with Gasteiger partial charge in [-0.15, -0.1) is 0 Å². The molecule has 1 N–H and O–H groups in total. The van der Waals surface area contributed by atoms with Crippen LogP contribution in [0, 0.1) is 5.92 Å². The number of benzene rings is 1. The van der Waals surface area contributed by atoms with E-state index in [2.05, 4.69) is 41.5 Å². The Morgan fingerprint density at radius 3 is 2.94 bits per heavy atom. The van der Waals surface area contributed by atoms with Gasteiger partial charge in [-0.1, -0.05) is 13.0 Å². The molecule has 1 aliphatic rings. The zero-order valence-corrected chi connectivity index (χ0v) is 10.0. The molecule has 0 saturated heterocycles. The van der Waals surface area contributed by atoms with E-state index in [1.807, 2.05) is 17.1 Å². The summed E-state index contributed by atoms with van der Waals surface area (Å²) >= 11 is 0. The van der Waals surface area contributed by atoms with Crippen LogP contribution < -0.4 is 5.32 Å². The number of hydrogen-bond donors (Lipinski definition) is 1. The fourth-order valence-corrected chi connectivity index (χ4v) is 2.42. The summed E-state index contributed by atoms with van der Waals surface area (Å²) in [7, 11) is 0. The second-order valence-electron chi connectivity index (χ2n) is 4.94. The van der Waals surface area contributed by atoms with Gasteiger partial charge in [0.05, 0.1) is 6.33 Å². The van der Waals surface area contributed by atoms with E-state index in [1.165, 1.54) is 18.5 Å². The Morgan fingerprint density at radius 1 is 1.35 bits per heavy atom. The topological polar surface area (TPSA) is 29.9 Å². The van der Waals surface area contributed by atoms with Crippen LogP contribution >= 0.6 is 0 Å². The van der Waals surface area contributed by atoms with Gasteiger partial charge in [0.2, 0.25) is 0 Å². The summed E-state index contributed by atoms with van der Waals surface area (Å²) in [6.07, 6.45) is 8.16. The van der Waals surface area contributed by atoms with Crippen molar-refractivity contribution in [3.8, 4) is 5.69 Å². The highest BCUT2D eigenvalue weighted by Crippen LogP contribution is 2.29. The molecule has 0 bridgehead atoms. The van der Waals surface area contributed by atoms with Gasteiger partial charge in [-0.25, -0.2) is 4.98 Å². The van der Waals surface area contributed by atoms with Gasteiger partial charge in [0.1, 0.15) is 0 Å². The fourth-order valence-electron chi connectivity index (χ4n) is 2.42. The van der Waals surface area contributed by atoms with Crippen molar-refractivity contribution in [2.24, 2.45) is 5.92 Å². The van der Waals surface area contributed by atoms with Crippen molar-refractivity contribution in [3.05, 3.63) is 43.0 Å². The van der Waals surface area contributed by atoms with Gasteiger partial charge in [-0.3, -0.25) is 0 Å². The Labute approximate surface area is 101 Å². The highest BCUT2D eigenvalue weighted by molar-refractivity contribution is 5.52. The van der Waals surface area contributed by atoms with Crippen molar-refractivity contribution in [3.63, 3.8) is 0 Å². The minimum atomic E-state index is 0.656. The molecule has 1 heterocycles. The van der Waals surface area contributed by atoms with Gasteiger partial charge in [0, 0.05) is 29.8 Å². The summed E-state index contributed by atoms with van der Waals surface area (Å²) in [6.45, 7) is 2.31. The normalized spacial score (nSPS) is 23.1. The molecule has 1 aromatic carbocycles. The average molecular weight is 227 g/mol. The highest BCUT2D eigenvalue weighted by Gasteiger charge is 2.24. The van der Waals surface area contributed by atoms with E-state index < -0.39 is 0 Å². The maximum atomic E-state index is 4.07. The molecule has 0 aliphatic heterocycles. The van der Waals surface area contributed by atoms with Gasteiger partial charge in [-0.2, -0.15) is 0 Å². The largest absolute Gasteiger partial charge is 0.382 e. The number of rotatable bonds is 3. The summed E-state index contributed by atoms with van der Waals surface area (Å²) in [6, 6.07) is 9.13. The smallest absolute Gasteiger partial charge is 0.0991 e. The molecule has 1 saturated carbocycles. The number of nitrogens with zero attached hydrogens (tertiary/aromatic N) is 2. The van der Waals surface area contributed by atoms with Crippen molar-refractivity contribution in [1.82, 2.24) is 9.55 Å². The summed E-state index contributed by atoms with van der Waals surface area (Å²) in [5.74, 6) is 0.879. The molecule has 0 atom stereocenters. The minimum Gasteiger partial charge on any atom is -0.382 e. The summed E-state index contributed by atoms with van der Waals surface area (Å²) in [5, 5.41) is 3.58. The van der Waals surface area contributed by atoms with Crippen molar-refractivity contribution in [1.29, 1.82) is 0 Å². The maximum Gasteiger partial charge on any atom is 0.0991 e. The zero-order valence-electron chi connectivity index (χ0n) is 10.0. The molecular weight excluding hydrogens is 210 g/mol. The van der Waals surface area contributed by atoms with Crippen LogP contribution in [0.1, 0.15) is 19.8 Å². The summed E-state index contributed by atoms with van der Waals surface area (Å²) in [4.78, 5) is 4.07. The molecule has 0 unspecified atom stereocenters. The minimum absolute atomic E-state index is 0.656. The van der Waals surface area contributed by atoms with Gasteiger partial charge in [0.25, 0.3) is 0 Å². The van der Waals surface area contributed by atoms with Crippen LogP contribution in [0.15, 0.2) is 43.0 Å². The number of aromatic nitrogens is 2. The van der Waals surface area contributed by atoms with Gasteiger partial charge in [-0.05, 0) is 37.0 Å². The molecule has 0 amide bonds. The first kappa shape index (κ1) is 10.4. The molecule has 0 radical (unpaired) electrons. The lowest BCUT2D eigenvalue weighted by Crippen LogP contribution is -2.33. The average Bonchev–Trinajstić information content (AvgIpc) is 2.81. The van der Waals surface area contributed by atoms with Crippen LogP contribution in [0.4, 0.5) is 5.69 Å². The molecule has 2 aromatic rings. The second-order valence-corrected chi connectivity index (χ2v) is 4.94. The Hall–Kier alpha value is -1.77. The van der Waals surface area contributed by atoms with Crippen LogP contribution in [-0.4, -0.2) is 15.6 Å². The molecular formula is C14H17N3. The van der Waals surface area contributed by atoms with E-state index in [-0.39, 0.29) is 0 Å². The summed E-state index contributed by atoms with van der Waals surface area (Å²) in [5.41, 5.74) is 2.35. The van der Waals surface area contributed by atoms with Crippen molar-refractivity contribution in [2.75, 3.05) is 5.32 Å². The van der Waals surface area contributed by atoms with Crippen LogP contribution in [0.5, 0.6) is 0 Å². The van der Waals surface area contributed by atoms with E-state index in [9.17, 15) is 0 Å². The van der Waals surface area contributed by atoms with Crippen LogP contribution in [0.2, 0.25) is 0 Å². The standard InChI is InChI=1S/C14H17N3/c1-11-7-13(8-11)16-12-3-2-4-14(9-12)17-6-5-15-10-17/h2-6,9-11,13,16H,7-8H2,1H3. The van der Waals surface area contributed by atoms with Crippen LogP contribution in [0.25, 0.3) is 5.69 Å². The number of anilines is 1. The van der Waals surface area contributed by atoms with Crippen molar-refractivity contribution in [2.45, 2.75) is 25.8 Å². The predicted octanol–water partition coefficient (Wildman–Crippen LogP) is 3.08. The molecule has 88 valence electrons. The first-order chi connectivity index (χ1) is 8.31. The predicted molar refractivity (Wildman–Crippen MR) is 69.4 cm³/mol. The lowest BCUT2D eigenvalue weighted by Gasteiger charge is -2.34. The second kappa shape index (κ2) is 4.24. The number of nitrogens with one attached hydrogen (secondary N) is 1. The zero-order chi connectivity index (χ0) is 11.7. The molecule has 3 rings (SSSR count). The van der Waals surface area contributed by atoms with Crippen molar-refractivity contribution >= 4 is 5.69 Å². The van der Waals surface area contributed by atoms with E-state index in [4.69, 9.17) is 0 Å². The Bertz CT molecular complexity index is 484. The first-order valence-electron chi connectivity index (χ1n) is 6.16. The van der Waals surface area contributed by atoms with E-state index >= 15 is 0 Å². The number of hydrogen-bond acceptors (Lipinski definition) is 2. The number of imidazole rings is 1. The van der Waals surface area contributed by atoms with Gasteiger partial charge < -0.3 is 9.88 Å². The van der Waals surface area contributed by atoms with E-state index in [0.717, 1.165) is 11.6 Å². The van der Waals surface area contributed by atoms with Crippen molar-refractivity contribution < 1.29 is 0 Å². The Balaban J connectivity index is 1.75. The molecule has 1 aromatic heterocycles. The lowest BCUT2D eigenvalue weighted by atomic mass is 9.82. The van der Waals surface area contributed by atoms with Crippen LogP contribution in [0.3, 0.4) is 0 Å². The molecule has 1 aliphatic carbocycles. The first-order valence-corrected chi connectivity index (χ1v) is 6.16. The Kier molecular flexibility index (Phi) is 2.59. The quantitative estimate of drug-likeness (QED) is 0.873. The summed E-state index contributed by atoms with van der Waals surface area (Å²) < 4.78 is 2.02. The third-order valence-electron chi connectivity index (χ3n) is 3.39. The highest BCUT2D eigenvalue weighted by atomic mass is 15.0. The molecule has 1 fully saturated rings. The lowest BCUT2D eigenvalue weighted by molar-refractivity contribution is 0.309. The molecule has 17 heavy (non-hydrogen) atoms. The van der Waals surface area contributed by atoms with E-state index in [1.54, 1.807) is 6.20 Å². The molecule has 0 spiro atoms. The molecule has 3 heteroatoms. The maximum absolute atomic E-state index is 4.07. The monoisotopic (exact) mass is 227 g/mol. The van der Waals surface area contributed by atoms with Crippen LogP contribution in [-0.2, 0) is 0 Å². The van der Waals surface area contributed by atoms with E-state index in [0.29, 0.717) is 6.04 Å². The Morgan fingerprint density at radius 2 is 2.24 bits per heavy atom. The third kappa shape index (κ3) is 2.18.